The average molecular weight is 354 g/mol. The van der Waals surface area contributed by atoms with Crippen molar-refractivity contribution < 1.29 is 14.6 Å². The molecule has 0 saturated carbocycles. The zero-order chi connectivity index (χ0) is 18.7. The number of rotatable bonds is 6. The topological polar surface area (TPSA) is 127 Å². The fraction of sp³-hybridized carbons (Fsp3) is 0.118. The quantitative estimate of drug-likeness (QED) is 0.603. The summed E-state index contributed by atoms with van der Waals surface area (Å²) in [4.78, 5) is 32.9. The predicted octanol–water partition coefficient (Wildman–Crippen LogP) is 2.90. The molecule has 3 rings (SSSR count). The van der Waals surface area contributed by atoms with Crippen LogP contribution in [0.4, 0.5) is 22.7 Å². The van der Waals surface area contributed by atoms with Gasteiger partial charge in [0.1, 0.15) is 6.04 Å². The van der Waals surface area contributed by atoms with Crippen molar-refractivity contribution >= 4 is 28.5 Å². The van der Waals surface area contributed by atoms with Crippen LogP contribution in [0.3, 0.4) is 0 Å². The van der Waals surface area contributed by atoms with Crippen LogP contribution < -0.4 is 10.6 Å². The van der Waals surface area contributed by atoms with Crippen molar-refractivity contribution in [1.82, 2.24) is 0 Å². The molecule has 1 aliphatic carbocycles. The summed E-state index contributed by atoms with van der Waals surface area (Å²) in [6.07, 6.45) is 3.06. The Morgan fingerprint density at radius 2 is 1.38 bits per heavy atom. The van der Waals surface area contributed by atoms with E-state index in [1.54, 1.807) is 24.3 Å². The molecule has 0 bridgehead atoms. The summed E-state index contributed by atoms with van der Waals surface area (Å²) in [6.45, 7) is 0. The second-order valence-electron chi connectivity index (χ2n) is 5.67. The summed E-state index contributed by atoms with van der Waals surface area (Å²) < 4.78 is 0. The average Bonchev–Trinajstić information content (AvgIpc) is 2.95. The van der Waals surface area contributed by atoms with Crippen molar-refractivity contribution in [3.8, 4) is 0 Å². The molecular weight excluding hydrogens is 340 g/mol. The van der Waals surface area contributed by atoms with Gasteiger partial charge in [0, 0.05) is 35.6 Å². The van der Waals surface area contributed by atoms with Gasteiger partial charge in [0.05, 0.1) is 15.9 Å². The van der Waals surface area contributed by atoms with Crippen molar-refractivity contribution in [3.63, 3.8) is 0 Å². The van der Waals surface area contributed by atoms with Gasteiger partial charge in [-0.05, 0) is 18.2 Å². The lowest BCUT2D eigenvalue weighted by Gasteiger charge is -2.22. The fourth-order valence-corrected chi connectivity index (χ4v) is 2.67. The molecule has 0 radical (unpaired) electrons. The lowest BCUT2D eigenvalue weighted by atomic mass is 10.1. The van der Waals surface area contributed by atoms with Crippen LogP contribution in [0.15, 0.2) is 60.7 Å². The molecule has 0 aromatic heterocycles. The first-order valence-corrected chi connectivity index (χ1v) is 7.68. The van der Waals surface area contributed by atoms with Gasteiger partial charge in [0.2, 0.25) is 0 Å². The molecule has 1 aliphatic rings. The number of anilines is 2. The third-order valence-electron chi connectivity index (χ3n) is 3.90. The second kappa shape index (κ2) is 7.01. The molecule has 26 heavy (non-hydrogen) atoms. The van der Waals surface area contributed by atoms with Crippen LogP contribution in [0.25, 0.3) is 0 Å². The molecule has 0 amide bonds. The van der Waals surface area contributed by atoms with Gasteiger partial charge in [-0.2, -0.15) is 0 Å². The standard InChI is InChI=1S/C17H14N4O5/c22-16-8-7-15(18-11-3-1-5-13(9-11)20(23)24)17(16)19-12-4-2-6-14(10-12)21(25)26/h1-10,15,17-19H/t15-,17+/m0/s1. The van der Waals surface area contributed by atoms with E-state index in [2.05, 4.69) is 10.6 Å². The van der Waals surface area contributed by atoms with E-state index in [9.17, 15) is 25.0 Å². The van der Waals surface area contributed by atoms with Crippen molar-refractivity contribution in [3.05, 3.63) is 80.9 Å². The molecule has 2 atom stereocenters. The van der Waals surface area contributed by atoms with Crippen LogP contribution in [-0.4, -0.2) is 27.7 Å². The molecule has 0 fully saturated rings. The molecule has 9 heteroatoms. The van der Waals surface area contributed by atoms with E-state index in [0.29, 0.717) is 11.4 Å². The molecule has 2 aromatic rings. The van der Waals surface area contributed by atoms with Crippen molar-refractivity contribution in [2.45, 2.75) is 12.1 Å². The maximum Gasteiger partial charge on any atom is 0.271 e. The molecule has 0 aliphatic heterocycles. The summed E-state index contributed by atoms with van der Waals surface area (Å²) in [5.41, 5.74) is 0.782. The number of nitrogens with zero attached hydrogens (tertiary/aromatic N) is 2. The molecule has 132 valence electrons. The fourth-order valence-electron chi connectivity index (χ4n) is 2.67. The third kappa shape index (κ3) is 3.66. The second-order valence-corrected chi connectivity index (χ2v) is 5.67. The highest BCUT2D eigenvalue weighted by Gasteiger charge is 2.30. The first-order chi connectivity index (χ1) is 12.4. The number of nitrogens with one attached hydrogen (secondary N) is 2. The van der Waals surface area contributed by atoms with Crippen LogP contribution in [-0.2, 0) is 4.79 Å². The third-order valence-corrected chi connectivity index (χ3v) is 3.90. The van der Waals surface area contributed by atoms with Crippen LogP contribution in [0.1, 0.15) is 0 Å². The molecule has 0 heterocycles. The summed E-state index contributed by atoms with van der Waals surface area (Å²) >= 11 is 0. The lowest BCUT2D eigenvalue weighted by molar-refractivity contribution is -0.385. The van der Waals surface area contributed by atoms with Gasteiger partial charge in [0.25, 0.3) is 11.4 Å². The predicted molar refractivity (Wildman–Crippen MR) is 95.2 cm³/mol. The van der Waals surface area contributed by atoms with E-state index in [-0.39, 0.29) is 17.2 Å². The number of hydrogen-bond acceptors (Lipinski definition) is 7. The summed E-state index contributed by atoms with van der Waals surface area (Å²) in [5.74, 6) is -0.195. The van der Waals surface area contributed by atoms with E-state index in [1.165, 1.54) is 36.4 Å². The minimum atomic E-state index is -0.684. The highest BCUT2D eigenvalue weighted by Crippen LogP contribution is 2.24. The maximum atomic E-state index is 12.1. The SMILES string of the molecule is O=C1C=C[C@H](Nc2cccc([N+](=O)[O-])c2)[C@H]1Nc1cccc([N+](=O)[O-])c1. The zero-order valence-electron chi connectivity index (χ0n) is 13.4. The first-order valence-electron chi connectivity index (χ1n) is 7.68. The Labute approximate surface area is 147 Å². The minimum Gasteiger partial charge on any atom is -0.376 e. The summed E-state index contributed by atoms with van der Waals surface area (Å²) in [5, 5.41) is 27.8. The Morgan fingerprint density at radius 3 is 1.92 bits per heavy atom. The van der Waals surface area contributed by atoms with Crippen LogP contribution in [0.5, 0.6) is 0 Å². The number of benzene rings is 2. The number of carbonyl (C=O) groups excluding carboxylic acids is 1. The number of nitro groups is 2. The Morgan fingerprint density at radius 1 is 0.846 bits per heavy atom. The molecular formula is C17H14N4O5. The number of carbonyl (C=O) groups is 1. The molecule has 0 unspecified atom stereocenters. The van der Waals surface area contributed by atoms with Crippen LogP contribution in [0.2, 0.25) is 0 Å². The van der Waals surface area contributed by atoms with Gasteiger partial charge in [-0.1, -0.05) is 18.2 Å². The van der Waals surface area contributed by atoms with Gasteiger partial charge in [-0.25, -0.2) is 0 Å². The Balaban J connectivity index is 1.77. The van der Waals surface area contributed by atoms with Gasteiger partial charge in [-0.15, -0.1) is 0 Å². The van der Waals surface area contributed by atoms with Gasteiger partial charge < -0.3 is 10.6 Å². The number of ketones is 1. The smallest absolute Gasteiger partial charge is 0.271 e. The van der Waals surface area contributed by atoms with E-state index in [0.717, 1.165) is 0 Å². The number of nitro benzene ring substituents is 2. The highest BCUT2D eigenvalue weighted by atomic mass is 16.6. The van der Waals surface area contributed by atoms with Crippen LogP contribution in [0, 0.1) is 20.2 Å². The maximum absolute atomic E-state index is 12.1. The Bertz CT molecular complexity index is 912. The Hall–Kier alpha value is -3.75. The van der Waals surface area contributed by atoms with Crippen molar-refractivity contribution in [2.24, 2.45) is 0 Å². The van der Waals surface area contributed by atoms with Gasteiger partial charge >= 0.3 is 0 Å². The van der Waals surface area contributed by atoms with E-state index < -0.39 is 21.9 Å². The largest absolute Gasteiger partial charge is 0.376 e. The van der Waals surface area contributed by atoms with E-state index >= 15 is 0 Å². The molecule has 2 N–H and O–H groups in total. The van der Waals surface area contributed by atoms with Gasteiger partial charge in [-0.3, -0.25) is 25.0 Å². The minimum absolute atomic E-state index is 0.0634. The molecule has 2 aromatic carbocycles. The lowest BCUT2D eigenvalue weighted by Crippen LogP contribution is -2.39. The van der Waals surface area contributed by atoms with E-state index in [4.69, 9.17) is 0 Å². The summed E-state index contributed by atoms with van der Waals surface area (Å²) in [7, 11) is 0. The monoisotopic (exact) mass is 354 g/mol. The molecule has 9 nitrogen and oxygen atoms in total. The molecule has 0 saturated heterocycles. The normalized spacial score (nSPS) is 18.5. The number of non-ortho nitro benzene ring substituents is 2. The van der Waals surface area contributed by atoms with E-state index in [1.807, 2.05) is 0 Å². The van der Waals surface area contributed by atoms with Gasteiger partial charge in [0.15, 0.2) is 5.78 Å². The highest BCUT2D eigenvalue weighted by molar-refractivity contribution is 6.00. The summed E-state index contributed by atoms with van der Waals surface area (Å²) in [6, 6.07) is 10.7. The molecule has 0 spiro atoms. The van der Waals surface area contributed by atoms with Crippen LogP contribution >= 0.6 is 0 Å². The van der Waals surface area contributed by atoms with Crippen molar-refractivity contribution in [1.29, 1.82) is 0 Å². The Kier molecular flexibility index (Phi) is 4.61. The first kappa shape index (κ1) is 17.1. The van der Waals surface area contributed by atoms with Crippen molar-refractivity contribution in [2.75, 3.05) is 10.6 Å². The number of hydrogen-bond donors (Lipinski definition) is 2. The zero-order valence-corrected chi connectivity index (χ0v) is 13.4.